The maximum atomic E-state index is 9.25. The van der Waals surface area contributed by atoms with Gasteiger partial charge < -0.3 is 0 Å². The Morgan fingerprint density at radius 3 is 1.88 bits per heavy atom. The summed E-state index contributed by atoms with van der Waals surface area (Å²) in [5.74, 6) is 0.306. The van der Waals surface area contributed by atoms with Gasteiger partial charge in [0.1, 0.15) is 0 Å². The van der Waals surface area contributed by atoms with E-state index in [1.165, 1.54) is 21.2 Å². The van der Waals surface area contributed by atoms with Gasteiger partial charge in [-0.05, 0) is 0 Å². The monoisotopic (exact) mass is 278 g/mol. The molecule has 1 nitrogen and oxygen atoms in total. The van der Waals surface area contributed by atoms with E-state index < -0.39 is 0 Å². The van der Waals surface area contributed by atoms with E-state index in [0.717, 1.165) is 5.56 Å². The van der Waals surface area contributed by atoms with E-state index in [-0.39, 0.29) is 0 Å². The minimum atomic E-state index is 0.306. The molecule has 0 aliphatic rings. The summed E-state index contributed by atoms with van der Waals surface area (Å²) >= 11 is 2.62. The molecule has 0 saturated carbocycles. The second kappa shape index (κ2) is 4.32. The second-order valence-electron chi connectivity index (χ2n) is 4.01. The van der Waals surface area contributed by atoms with Crippen molar-refractivity contribution in [3.05, 3.63) is 47.5 Å². The van der Waals surface area contributed by atoms with Crippen molar-refractivity contribution in [2.24, 2.45) is 0 Å². The summed E-state index contributed by atoms with van der Waals surface area (Å²) < 4.78 is 1.29. The van der Waals surface area contributed by atoms with Crippen LogP contribution in [0.1, 0.15) is 11.1 Å². The van der Waals surface area contributed by atoms with Gasteiger partial charge in [-0.15, -0.1) is 0 Å². The molecule has 0 aliphatic heterocycles. The van der Waals surface area contributed by atoms with Gasteiger partial charge in [-0.3, -0.25) is 0 Å². The zero-order valence-corrected chi connectivity index (χ0v) is 11.2. The zero-order valence-electron chi connectivity index (χ0n) is 9.36. The van der Waals surface area contributed by atoms with E-state index in [1.807, 2.05) is 12.1 Å². The fraction of sp³-hybridized carbons (Fsp3) is 0.143. The van der Waals surface area contributed by atoms with E-state index >= 15 is 0 Å². The van der Waals surface area contributed by atoms with Crippen LogP contribution in [0.15, 0.2) is 36.4 Å². The van der Waals surface area contributed by atoms with Gasteiger partial charge in [-0.1, -0.05) is 0 Å². The van der Waals surface area contributed by atoms with Gasteiger partial charge in [-0.25, -0.2) is 0 Å². The number of phenols is 1. The van der Waals surface area contributed by atoms with Crippen LogP contribution < -0.4 is 4.46 Å². The summed E-state index contributed by atoms with van der Waals surface area (Å²) in [6.07, 6.45) is 0. The fourth-order valence-corrected chi connectivity index (χ4v) is 2.05. The summed E-state index contributed by atoms with van der Waals surface area (Å²) in [4.78, 5) is 0. The fourth-order valence-electron chi connectivity index (χ4n) is 1.78. The Hall–Kier alpha value is -1.24. The minimum absolute atomic E-state index is 0.306. The summed E-state index contributed by atoms with van der Waals surface area (Å²) in [5, 5.41) is 9.25. The van der Waals surface area contributed by atoms with Crippen LogP contribution in [0.3, 0.4) is 0 Å². The van der Waals surface area contributed by atoms with Crippen LogP contribution in [-0.4, -0.2) is 21.1 Å². The molecule has 82 valence electrons. The summed E-state index contributed by atoms with van der Waals surface area (Å²) in [5.41, 5.74) is 4.90. The third-order valence-corrected chi connectivity index (χ3v) is 4.17. The standard InChI is InChI=1S/C14H14OSe/c1-9-7-12(8-10(2)14(9)16)11-3-5-13(15)6-4-11/h3-8,15-16H,1-2H3. The van der Waals surface area contributed by atoms with Crippen LogP contribution in [0.5, 0.6) is 5.75 Å². The molecule has 0 bridgehead atoms. The molecule has 0 heterocycles. The Balaban J connectivity index is 2.52. The van der Waals surface area contributed by atoms with Gasteiger partial charge in [0.15, 0.2) is 0 Å². The van der Waals surface area contributed by atoms with Gasteiger partial charge in [0, 0.05) is 0 Å². The quantitative estimate of drug-likeness (QED) is 0.792. The van der Waals surface area contributed by atoms with Gasteiger partial charge >= 0.3 is 104 Å². The first kappa shape index (κ1) is 11.3. The Labute approximate surface area is 104 Å². The number of aryl methyl sites for hydroxylation is 2. The van der Waals surface area contributed by atoms with Crippen LogP contribution in [0.25, 0.3) is 11.1 Å². The van der Waals surface area contributed by atoms with Crippen LogP contribution in [-0.2, 0) is 0 Å². The summed E-state index contributed by atoms with van der Waals surface area (Å²) in [6, 6.07) is 11.7. The SMILES string of the molecule is Cc1cc(-c2ccc(O)cc2)cc(C)c1[SeH]. The number of rotatable bonds is 1. The Bertz CT molecular complexity index is 492. The first-order valence-electron chi connectivity index (χ1n) is 5.17. The second-order valence-corrected chi connectivity index (χ2v) is 4.94. The molecule has 2 rings (SSSR count). The van der Waals surface area contributed by atoms with Crippen molar-refractivity contribution in [3.8, 4) is 16.9 Å². The number of aromatic hydroxyl groups is 1. The van der Waals surface area contributed by atoms with E-state index in [2.05, 4.69) is 42.0 Å². The zero-order chi connectivity index (χ0) is 11.7. The molecular formula is C14H14OSe. The molecule has 0 atom stereocenters. The molecular weight excluding hydrogens is 263 g/mol. The van der Waals surface area contributed by atoms with Gasteiger partial charge in [0.25, 0.3) is 0 Å². The molecule has 2 heteroatoms. The van der Waals surface area contributed by atoms with E-state index in [1.54, 1.807) is 12.1 Å². The number of phenolic OH excluding ortho intramolecular Hbond substituents is 1. The van der Waals surface area contributed by atoms with Gasteiger partial charge in [0.05, 0.1) is 0 Å². The van der Waals surface area contributed by atoms with E-state index in [4.69, 9.17) is 0 Å². The molecule has 2 aromatic carbocycles. The summed E-state index contributed by atoms with van der Waals surface area (Å²) in [7, 11) is 0. The Morgan fingerprint density at radius 1 is 0.875 bits per heavy atom. The number of benzene rings is 2. The molecule has 0 aromatic heterocycles. The van der Waals surface area contributed by atoms with Crippen molar-refractivity contribution in [3.63, 3.8) is 0 Å². The number of hydrogen-bond acceptors (Lipinski definition) is 1. The third-order valence-electron chi connectivity index (χ3n) is 2.69. The molecule has 0 radical (unpaired) electrons. The molecule has 16 heavy (non-hydrogen) atoms. The first-order valence-corrected chi connectivity index (χ1v) is 6.11. The van der Waals surface area contributed by atoms with Crippen LogP contribution in [0, 0.1) is 13.8 Å². The Morgan fingerprint density at radius 2 is 1.38 bits per heavy atom. The van der Waals surface area contributed by atoms with Crippen molar-refractivity contribution < 1.29 is 5.11 Å². The molecule has 0 spiro atoms. The Kier molecular flexibility index (Phi) is 3.04. The molecule has 2 aromatic rings. The van der Waals surface area contributed by atoms with Gasteiger partial charge in [-0.2, -0.15) is 0 Å². The normalized spacial score (nSPS) is 10.4. The van der Waals surface area contributed by atoms with Crippen molar-refractivity contribution in [1.29, 1.82) is 0 Å². The van der Waals surface area contributed by atoms with Crippen molar-refractivity contribution in [2.45, 2.75) is 13.8 Å². The first-order chi connectivity index (χ1) is 7.58. The van der Waals surface area contributed by atoms with Crippen LogP contribution in [0.4, 0.5) is 0 Å². The topological polar surface area (TPSA) is 20.2 Å². The molecule has 1 N–H and O–H groups in total. The average molecular weight is 277 g/mol. The molecule has 0 fully saturated rings. The van der Waals surface area contributed by atoms with E-state index in [9.17, 15) is 5.11 Å². The predicted molar refractivity (Wildman–Crippen MR) is 69.8 cm³/mol. The van der Waals surface area contributed by atoms with Crippen LogP contribution >= 0.6 is 0 Å². The molecule has 0 amide bonds. The van der Waals surface area contributed by atoms with Crippen molar-refractivity contribution in [2.75, 3.05) is 0 Å². The molecule has 0 saturated heterocycles. The predicted octanol–water partition coefficient (Wildman–Crippen LogP) is 2.20. The summed E-state index contributed by atoms with van der Waals surface area (Å²) in [6.45, 7) is 4.23. The van der Waals surface area contributed by atoms with Crippen LogP contribution in [0.2, 0.25) is 0 Å². The molecule has 0 aliphatic carbocycles. The average Bonchev–Trinajstić information content (AvgIpc) is 2.26. The number of hydrogen-bond donors (Lipinski definition) is 1. The third kappa shape index (κ3) is 2.13. The molecule has 0 unspecified atom stereocenters. The van der Waals surface area contributed by atoms with Crippen molar-refractivity contribution >= 4 is 20.5 Å². The van der Waals surface area contributed by atoms with Crippen molar-refractivity contribution in [1.82, 2.24) is 0 Å². The maximum absolute atomic E-state index is 9.25. The van der Waals surface area contributed by atoms with Gasteiger partial charge in [0.2, 0.25) is 0 Å². The van der Waals surface area contributed by atoms with E-state index in [0.29, 0.717) is 5.75 Å².